The molecule has 1 heterocycles. The second-order valence-electron chi connectivity index (χ2n) is 5.26. The summed E-state index contributed by atoms with van der Waals surface area (Å²) >= 11 is 1.34. The maximum Gasteiger partial charge on any atom is 0.267 e. The Labute approximate surface area is 131 Å². The standard InChI is InChI=1S/C14H27N5OS/c1-5-7-16-14-17-12(15)11(21-14)13(20)19(8-6-2)10-9-18(3)4/h5-10,15H2,1-4H3,(H,16,17). The SMILES string of the molecule is CCCNc1nc(N)c(C(=O)N(CCC)CCN(C)C)s1. The highest BCUT2D eigenvalue weighted by Gasteiger charge is 2.21. The number of anilines is 2. The molecule has 1 aromatic heterocycles. The van der Waals surface area contributed by atoms with Crippen molar-refractivity contribution < 1.29 is 4.79 Å². The lowest BCUT2D eigenvalue weighted by molar-refractivity contribution is 0.0750. The molecule has 0 bridgehead atoms. The number of nitrogen functional groups attached to an aromatic ring is 1. The number of hydrogen-bond donors (Lipinski definition) is 2. The monoisotopic (exact) mass is 313 g/mol. The van der Waals surface area contributed by atoms with E-state index in [1.54, 1.807) is 0 Å². The highest BCUT2D eigenvalue weighted by atomic mass is 32.1. The van der Waals surface area contributed by atoms with Gasteiger partial charge in [0.25, 0.3) is 5.91 Å². The molecule has 21 heavy (non-hydrogen) atoms. The van der Waals surface area contributed by atoms with E-state index in [1.165, 1.54) is 11.3 Å². The van der Waals surface area contributed by atoms with Gasteiger partial charge < -0.3 is 20.9 Å². The van der Waals surface area contributed by atoms with Crippen molar-refractivity contribution in [2.75, 3.05) is 51.3 Å². The van der Waals surface area contributed by atoms with Crippen LogP contribution in [0.15, 0.2) is 0 Å². The topological polar surface area (TPSA) is 74.5 Å². The Bertz CT molecular complexity index is 447. The van der Waals surface area contributed by atoms with Crippen LogP contribution in [0.5, 0.6) is 0 Å². The minimum Gasteiger partial charge on any atom is -0.382 e. The van der Waals surface area contributed by atoms with Crippen LogP contribution < -0.4 is 11.1 Å². The summed E-state index contributed by atoms with van der Waals surface area (Å²) in [5, 5.41) is 3.90. The molecule has 0 fully saturated rings. The molecule has 3 N–H and O–H groups in total. The number of nitrogens with zero attached hydrogens (tertiary/aromatic N) is 3. The Kier molecular flexibility index (Phi) is 7.45. The molecule has 0 saturated carbocycles. The number of likely N-dealkylation sites (N-methyl/N-ethyl adjacent to an activating group) is 1. The quantitative estimate of drug-likeness (QED) is 0.729. The van der Waals surface area contributed by atoms with Gasteiger partial charge in [0.15, 0.2) is 5.13 Å². The zero-order valence-electron chi connectivity index (χ0n) is 13.5. The summed E-state index contributed by atoms with van der Waals surface area (Å²) in [5.41, 5.74) is 5.91. The largest absolute Gasteiger partial charge is 0.382 e. The van der Waals surface area contributed by atoms with Crippen LogP contribution in [-0.4, -0.2) is 61.0 Å². The molecule has 6 nitrogen and oxygen atoms in total. The fourth-order valence-electron chi connectivity index (χ4n) is 1.84. The number of carbonyl (C=O) groups excluding carboxylic acids is 1. The molecule has 0 spiro atoms. The predicted molar refractivity (Wildman–Crippen MR) is 90.1 cm³/mol. The maximum atomic E-state index is 12.6. The summed E-state index contributed by atoms with van der Waals surface area (Å²) < 4.78 is 0. The first kappa shape index (κ1) is 17.7. The minimum absolute atomic E-state index is 0.0155. The molecule has 0 unspecified atom stereocenters. The first-order valence-electron chi connectivity index (χ1n) is 7.43. The Hall–Kier alpha value is -1.34. The molecule has 0 saturated heterocycles. The minimum atomic E-state index is -0.0155. The summed E-state index contributed by atoms with van der Waals surface area (Å²) in [6.07, 6.45) is 1.94. The van der Waals surface area contributed by atoms with Crippen LogP contribution in [0.2, 0.25) is 0 Å². The Balaban J connectivity index is 2.79. The zero-order chi connectivity index (χ0) is 15.8. The normalized spacial score (nSPS) is 10.9. The van der Waals surface area contributed by atoms with E-state index in [-0.39, 0.29) is 5.91 Å². The third-order valence-electron chi connectivity index (χ3n) is 2.97. The van der Waals surface area contributed by atoms with Crippen LogP contribution in [0.1, 0.15) is 36.4 Å². The second kappa shape index (κ2) is 8.84. The van der Waals surface area contributed by atoms with Crippen molar-refractivity contribution >= 4 is 28.2 Å². The van der Waals surface area contributed by atoms with Crippen molar-refractivity contribution in [1.29, 1.82) is 0 Å². The number of amides is 1. The van der Waals surface area contributed by atoms with E-state index >= 15 is 0 Å². The van der Waals surface area contributed by atoms with E-state index in [1.807, 2.05) is 19.0 Å². The van der Waals surface area contributed by atoms with Crippen LogP contribution in [0.3, 0.4) is 0 Å². The third-order valence-corrected chi connectivity index (χ3v) is 3.99. The summed E-state index contributed by atoms with van der Waals surface area (Å²) in [6.45, 7) is 7.27. The van der Waals surface area contributed by atoms with Gasteiger partial charge in [-0.15, -0.1) is 0 Å². The van der Waals surface area contributed by atoms with Crippen LogP contribution in [0.25, 0.3) is 0 Å². The highest BCUT2D eigenvalue weighted by Crippen LogP contribution is 2.26. The number of hydrogen-bond acceptors (Lipinski definition) is 6. The fraction of sp³-hybridized carbons (Fsp3) is 0.714. The van der Waals surface area contributed by atoms with E-state index in [2.05, 4.69) is 29.0 Å². The molecule has 0 aliphatic rings. The molecule has 7 heteroatoms. The van der Waals surface area contributed by atoms with Crippen LogP contribution in [-0.2, 0) is 0 Å². The lowest BCUT2D eigenvalue weighted by Gasteiger charge is -2.23. The molecule has 1 aromatic rings. The first-order valence-corrected chi connectivity index (χ1v) is 8.25. The van der Waals surface area contributed by atoms with Crippen molar-refractivity contribution in [3.05, 3.63) is 4.88 Å². The molecule has 1 rings (SSSR count). The van der Waals surface area contributed by atoms with E-state index in [4.69, 9.17) is 5.73 Å². The molecule has 1 amide bonds. The smallest absolute Gasteiger partial charge is 0.267 e. The Morgan fingerprint density at radius 1 is 1.24 bits per heavy atom. The second-order valence-corrected chi connectivity index (χ2v) is 6.25. The van der Waals surface area contributed by atoms with Crippen molar-refractivity contribution in [2.45, 2.75) is 26.7 Å². The van der Waals surface area contributed by atoms with E-state index in [0.717, 1.165) is 37.6 Å². The van der Waals surface area contributed by atoms with Gasteiger partial charge in [-0.1, -0.05) is 25.2 Å². The van der Waals surface area contributed by atoms with Crippen LogP contribution in [0, 0.1) is 0 Å². The van der Waals surface area contributed by atoms with Gasteiger partial charge in [-0.25, -0.2) is 4.98 Å². The summed E-state index contributed by atoms with van der Waals surface area (Å²) in [7, 11) is 4.00. The van der Waals surface area contributed by atoms with Gasteiger partial charge in [-0.2, -0.15) is 0 Å². The number of rotatable bonds is 9. The molecular weight excluding hydrogens is 286 g/mol. The van der Waals surface area contributed by atoms with Crippen LogP contribution >= 0.6 is 11.3 Å². The molecular formula is C14H27N5OS. The molecule has 0 radical (unpaired) electrons. The summed E-state index contributed by atoms with van der Waals surface area (Å²) in [5.74, 6) is 0.313. The number of nitrogens with two attached hydrogens (primary N) is 1. The zero-order valence-corrected chi connectivity index (χ0v) is 14.3. The Morgan fingerprint density at radius 3 is 2.52 bits per heavy atom. The van der Waals surface area contributed by atoms with Crippen LogP contribution in [0.4, 0.5) is 10.9 Å². The number of aromatic nitrogens is 1. The van der Waals surface area contributed by atoms with Gasteiger partial charge >= 0.3 is 0 Å². The average Bonchev–Trinajstić information content (AvgIpc) is 2.81. The first-order chi connectivity index (χ1) is 9.99. The van der Waals surface area contributed by atoms with Crippen molar-refractivity contribution in [2.24, 2.45) is 0 Å². The summed E-state index contributed by atoms with van der Waals surface area (Å²) in [6, 6.07) is 0. The number of nitrogens with one attached hydrogen (secondary N) is 1. The number of carbonyl (C=O) groups is 1. The maximum absolute atomic E-state index is 12.6. The van der Waals surface area contributed by atoms with E-state index in [0.29, 0.717) is 17.2 Å². The van der Waals surface area contributed by atoms with Crippen molar-refractivity contribution in [3.8, 4) is 0 Å². The van der Waals surface area contributed by atoms with Crippen molar-refractivity contribution in [1.82, 2.24) is 14.8 Å². The molecule has 120 valence electrons. The van der Waals surface area contributed by atoms with Gasteiger partial charge in [-0.05, 0) is 26.9 Å². The van der Waals surface area contributed by atoms with E-state index < -0.39 is 0 Å². The fourth-order valence-corrected chi connectivity index (χ4v) is 2.72. The van der Waals surface area contributed by atoms with E-state index in [9.17, 15) is 4.79 Å². The van der Waals surface area contributed by atoms with Gasteiger partial charge in [0.05, 0.1) is 0 Å². The third kappa shape index (κ3) is 5.51. The lowest BCUT2D eigenvalue weighted by Crippen LogP contribution is -2.37. The van der Waals surface area contributed by atoms with Gasteiger partial charge in [-0.3, -0.25) is 4.79 Å². The average molecular weight is 313 g/mol. The van der Waals surface area contributed by atoms with Gasteiger partial charge in [0.1, 0.15) is 10.7 Å². The Morgan fingerprint density at radius 2 is 1.95 bits per heavy atom. The molecule has 0 aliphatic carbocycles. The summed E-state index contributed by atoms with van der Waals surface area (Å²) in [4.78, 5) is 21.3. The number of thiazole rings is 1. The predicted octanol–water partition coefficient (Wildman–Crippen LogP) is 1.96. The highest BCUT2D eigenvalue weighted by molar-refractivity contribution is 7.18. The van der Waals surface area contributed by atoms with Gasteiger partial charge in [0.2, 0.25) is 0 Å². The molecule has 0 aliphatic heterocycles. The van der Waals surface area contributed by atoms with Crippen molar-refractivity contribution in [3.63, 3.8) is 0 Å². The van der Waals surface area contributed by atoms with Gasteiger partial charge in [0, 0.05) is 26.2 Å². The molecule has 0 atom stereocenters. The lowest BCUT2D eigenvalue weighted by atomic mass is 10.3. The molecule has 0 aromatic carbocycles.